The summed E-state index contributed by atoms with van der Waals surface area (Å²) < 4.78 is 5.98. The van der Waals surface area contributed by atoms with E-state index in [4.69, 9.17) is 15.6 Å². The van der Waals surface area contributed by atoms with Crippen molar-refractivity contribution in [3.63, 3.8) is 0 Å². The van der Waals surface area contributed by atoms with Crippen LogP contribution in [-0.4, -0.2) is 18.8 Å². The molecule has 3 nitrogen and oxygen atoms in total. The van der Waals surface area contributed by atoms with Gasteiger partial charge in [-0.25, -0.2) is 0 Å². The molecular formula is C10H15BrClNO2. The van der Waals surface area contributed by atoms with E-state index in [9.17, 15) is 0 Å². The third kappa shape index (κ3) is 3.99. The van der Waals surface area contributed by atoms with E-state index in [0.717, 1.165) is 15.8 Å². The molecule has 5 heteroatoms. The molecule has 0 fully saturated rings. The number of rotatable bonds is 4. The predicted octanol–water partition coefficient (Wildman–Crippen LogP) is 2.26. The van der Waals surface area contributed by atoms with E-state index in [1.807, 2.05) is 18.2 Å². The standard InChI is InChI=1S/C10H14BrNO2.ClH/c1-14-10-3-2-7(6-8(10)11)9(12)4-5-13;/h2-3,6,9,13H,4-5,12H2,1H3;1H/t9-;/m0./s1. The van der Waals surface area contributed by atoms with E-state index < -0.39 is 0 Å². The van der Waals surface area contributed by atoms with Gasteiger partial charge in [-0.15, -0.1) is 12.4 Å². The summed E-state index contributed by atoms with van der Waals surface area (Å²) in [6, 6.07) is 5.56. The maximum atomic E-state index is 8.75. The molecule has 86 valence electrons. The molecule has 1 rings (SSSR count). The zero-order chi connectivity index (χ0) is 10.6. The van der Waals surface area contributed by atoms with Crippen molar-refractivity contribution in [1.29, 1.82) is 0 Å². The molecule has 1 aromatic rings. The topological polar surface area (TPSA) is 55.5 Å². The van der Waals surface area contributed by atoms with Crippen LogP contribution >= 0.6 is 28.3 Å². The van der Waals surface area contributed by atoms with Crippen molar-refractivity contribution in [2.24, 2.45) is 5.73 Å². The highest BCUT2D eigenvalue weighted by Gasteiger charge is 2.07. The molecule has 15 heavy (non-hydrogen) atoms. The first-order chi connectivity index (χ1) is 6.69. The quantitative estimate of drug-likeness (QED) is 0.896. The lowest BCUT2D eigenvalue weighted by atomic mass is 10.1. The van der Waals surface area contributed by atoms with Crippen LogP contribution < -0.4 is 10.5 Å². The zero-order valence-corrected chi connectivity index (χ0v) is 10.8. The Labute approximate surface area is 104 Å². The summed E-state index contributed by atoms with van der Waals surface area (Å²) in [4.78, 5) is 0. The lowest BCUT2D eigenvalue weighted by Gasteiger charge is -2.12. The number of benzene rings is 1. The molecule has 0 saturated carbocycles. The van der Waals surface area contributed by atoms with E-state index in [2.05, 4.69) is 15.9 Å². The van der Waals surface area contributed by atoms with E-state index in [0.29, 0.717) is 6.42 Å². The van der Waals surface area contributed by atoms with E-state index in [1.165, 1.54) is 0 Å². The largest absolute Gasteiger partial charge is 0.496 e. The van der Waals surface area contributed by atoms with Crippen LogP contribution in [0.5, 0.6) is 5.75 Å². The molecule has 0 heterocycles. The molecule has 0 aliphatic carbocycles. The van der Waals surface area contributed by atoms with Crippen molar-refractivity contribution >= 4 is 28.3 Å². The minimum atomic E-state index is -0.123. The second kappa shape index (κ2) is 7.06. The zero-order valence-electron chi connectivity index (χ0n) is 8.44. The average Bonchev–Trinajstić information content (AvgIpc) is 2.18. The third-order valence-corrected chi connectivity index (χ3v) is 2.66. The van der Waals surface area contributed by atoms with Gasteiger partial charge in [0.05, 0.1) is 11.6 Å². The molecule has 0 radical (unpaired) electrons. The number of nitrogens with two attached hydrogens (primary N) is 1. The number of methoxy groups -OCH3 is 1. The first-order valence-electron chi connectivity index (χ1n) is 4.39. The Balaban J connectivity index is 0.00000196. The van der Waals surface area contributed by atoms with Crippen LogP contribution in [0.25, 0.3) is 0 Å². The van der Waals surface area contributed by atoms with E-state index >= 15 is 0 Å². The Bertz CT molecular complexity index is 309. The Kier molecular flexibility index (Phi) is 6.92. The minimum absolute atomic E-state index is 0. The second-order valence-corrected chi connectivity index (χ2v) is 3.87. The molecular weight excluding hydrogens is 281 g/mol. The number of hydrogen-bond donors (Lipinski definition) is 2. The van der Waals surface area contributed by atoms with Crippen LogP contribution in [0.2, 0.25) is 0 Å². The highest BCUT2D eigenvalue weighted by Crippen LogP contribution is 2.28. The first-order valence-corrected chi connectivity index (χ1v) is 5.18. The van der Waals surface area contributed by atoms with Gasteiger partial charge in [-0.3, -0.25) is 0 Å². The molecule has 0 aromatic heterocycles. The summed E-state index contributed by atoms with van der Waals surface area (Å²) in [5, 5.41) is 8.75. The Morgan fingerprint density at radius 2 is 2.20 bits per heavy atom. The summed E-state index contributed by atoms with van der Waals surface area (Å²) in [6.07, 6.45) is 0.568. The van der Waals surface area contributed by atoms with Crippen molar-refractivity contribution < 1.29 is 9.84 Å². The molecule has 0 spiro atoms. The fourth-order valence-electron chi connectivity index (χ4n) is 1.22. The number of halogens is 2. The molecule has 1 atom stereocenters. The number of aliphatic hydroxyl groups is 1. The summed E-state index contributed by atoms with van der Waals surface area (Å²) >= 11 is 3.38. The lowest BCUT2D eigenvalue weighted by molar-refractivity contribution is 0.276. The van der Waals surface area contributed by atoms with Gasteiger partial charge in [0.25, 0.3) is 0 Å². The van der Waals surface area contributed by atoms with Crippen molar-refractivity contribution in [3.05, 3.63) is 28.2 Å². The van der Waals surface area contributed by atoms with E-state index in [1.54, 1.807) is 7.11 Å². The molecule has 3 N–H and O–H groups in total. The summed E-state index contributed by atoms with van der Waals surface area (Å²) in [6.45, 7) is 0.102. The molecule has 0 aliphatic rings. The van der Waals surface area contributed by atoms with Crippen LogP contribution in [0.1, 0.15) is 18.0 Å². The van der Waals surface area contributed by atoms with Crippen molar-refractivity contribution in [2.45, 2.75) is 12.5 Å². The fourth-order valence-corrected chi connectivity index (χ4v) is 1.78. The summed E-state index contributed by atoms with van der Waals surface area (Å²) in [7, 11) is 1.62. The van der Waals surface area contributed by atoms with Gasteiger partial charge in [0, 0.05) is 12.6 Å². The van der Waals surface area contributed by atoms with Crippen molar-refractivity contribution in [1.82, 2.24) is 0 Å². The number of aliphatic hydroxyl groups excluding tert-OH is 1. The third-order valence-electron chi connectivity index (χ3n) is 2.04. The molecule has 0 amide bonds. The van der Waals surface area contributed by atoms with Crippen LogP contribution in [0.3, 0.4) is 0 Å². The van der Waals surface area contributed by atoms with Crippen molar-refractivity contribution in [3.8, 4) is 5.75 Å². The SMILES string of the molecule is COc1ccc([C@@H](N)CCO)cc1Br.Cl. The van der Waals surface area contributed by atoms with Crippen LogP contribution in [0, 0.1) is 0 Å². The van der Waals surface area contributed by atoms with Gasteiger partial charge in [-0.05, 0) is 40.0 Å². The van der Waals surface area contributed by atoms with Gasteiger partial charge in [-0.2, -0.15) is 0 Å². The van der Waals surface area contributed by atoms with Gasteiger partial charge < -0.3 is 15.6 Å². The maximum absolute atomic E-state index is 8.75. The highest BCUT2D eigenvalue weighted by atomic mass is 79.9. The first kappa shape index (κ1) is 14.7. The summed E-state index contributed by atoms with van der Waals surface area (Å²) in [5.74, 6) is 0.782. The molecule has 0 bridgehead atoms. The number of ether oxygens (including phenoxy) is 1. The molecule has 1 aromatic carbocycles. The van der Waals surface area contributed by atoms with Gasteiger partial charge in [0.15, 0.2) is 0 Å². The van der Waals surface area contributed by atoms with Gasteiger partial charge >= 0.3 is 0 Å². The Morgan fingerprint density at radius 1 is 1.53 bits per heavy atom. The minimum Gasteiger partial charge on any atom is -0.496 e. The molecule has 0 aliphatic heterocycles. The highest BCUT2D eigenvalue weighted by molar-refractivity contribution is 9.10. The van der Waals surface area contributed by atoms with Crippen LogP contribution in [-0.2, 0) is 0 Å². The van der Waals surface area contributed by atoms with E-state index in [-0.39, 0.29) is 25.1 Å². The summed E-state index contributed by atoms with van der Waals surface area (Å²) in [5.41, 5.74) is 6.84. The molecule has 0 saturated heterocycles. The van der Waals surface area contributed by atoms with Crippen LogP contribution in [0.4, 0.5) is 0 Å². The monoisotopic (exact) mass is 295 g/mol. The van der Waals surface area contributed by atoms with Crippen LogP contribution in [0.15, 0.2) is 22.7 Å². The normalized spacial score (nSPS) is 11.7. The smallest absolute Gasteiger partial charge is 0.133 e. The molecule has 0 unspecified atom stereocenters. The predicted molar refractivity (Wildman–Crippen MR) is 66.6 cm³/mol. The maximum Gasteiger partial charge on any atom is 0.133 e. The van der Waals surface area contributed by atoms with Gasteiger partial charge in [-0.1, -0.05) is 6.07 Å². The lowest BCUT2D eigenvalue weighted by Crippen LogP contribution is -2.11. The second-order valence-electron chi connectivity index (χ2n) is 3.01. The van der Waals surface area contributed by atoms with Crippen molar-refractivity contribution in [2.75, 3.05) is 13.7 Å². The Hall–Kier alpha value is -0.290. The van der Waals surface area contributed by atoms with Gasteiger partial charge in [0.2, 0.25) is 0 Å². The Morgan fingerprint density at radius 3 is 2.67 bits per heavy atom. The fraction of sp³-hybridized carbons (Fsp3) is 0.400. The average molecular weight is 297 g/mol. The van der Waals surface area contributed by atoms with Gasteiger partial charge in [0.1, 0.15) is 5.75 Å². The number of hydrogen-bond acceptors (Lipinski definition) is 3.